The summed E-state index contributed by atoms with van der Waals surface area (Å²) in [6, 6.07) is 0. The molecule has 0 radical (unpaired) electrons. The molecule has 1 heterocycles. The van der Waals surface area contributed by atoms with Crippen LogP contribution in [0.3, 0.4) is 0 Å². The van der Waals surface area contributed by atoms with Gasteiger partial charge >= 0.3 is 5.97 Å². The Morgan fingerprint density at radius 2 is 2.00 bits per heavy atom. The highest BCUT2D eigenvalue weighted by Gasteiger charge is 2.29. The summed E-state index contributed by atoms with van der Waals surface area (Å²) in [4.78, 5) is 12.8. The predicted molar refractivity (Wildman–Crippen MR) is 56.3 cm³/mol. The molecular formula is C11H21NO2. The number of nitrogens with zero attached hydrogens (tertiary/aromatic N) is 1. The molecule has 1 aliphatic rings. The fraction of sp³-hybridized carbons (Fsp3) is 0.909. The molecule has 0 aliphatic carbocycles. The molecule has 1 fully saturated rings. The first kappa shape index (κ1) is 11.5. The highest BCUT2D eigenvalue weighted by atomic mass is 16.4. The molecule has 0 saturated carbocycles. The minimum absolute atomic E-state index is 0.347. The van der Waals surface area contributed by atoms with Gasteiger partial charge in [0.2, 0.25) is 0 Å². The predicted octanol–water partition coefficient (Wildman–Crippen LogP) is 1.83. The van der Waals surface area contributed by atoms with Crippen LogP contribution in [0.2, 0.25) is 0 Å². The van der Waals surface area contributed by atoms with Crippen molar-refractivity contribution in [2.75, 3.05) is 19.6 Å². The zero-order valence-corrected chi connectivity index (χ0v) is 9.20. The lowest BCUT2D eigenvalue weighted by Gasteiger charge is -2.40. The third-order valence-electron chi connectivity index (χ3n) is 3.17. The number of hydrogen-bond donors (Lipinski definition) is 1. The molecule has 1 saturated heterocycles. The molecule has 0 spiro atoms. The van der Waals surface area contributed by atoms with Crippen LogP contribution in [0.15, 0.2) is 0 Å². The minimum Gasteiger partial charge on any atom is -0.481 e. The van der Waals surface area contributed by atoms with Gasteiger partial charge in [0, 0.05) is 19.6 Å². The molecule has 0 bridgehead atoms. The van der Waals surface area contributed by atoms with Crippen molar-refractivity contribution in [2.45, 2.75) is 33.1 Å². The molecule has 0 atom stereocenters. The second-order valence-corrected chi connectivity index (χ2v) is 4.36. The molecule has 3 heteroatoms. The Kier molecular flexibility index (Phi) is 4.39. The number of aliphatic carboxylic acids is 1. The van der Waals surface area contributed by atoms with E-state index in [0.29, 0.717) is 12.3 Å². The van der Waals surface area contributed by atoms with Crippen molar-refractivity contribution < 1.29 is 9.90 Å². The fourth-order valence-electron chi connectivity index (χ4n) is 2.11. The van der Waals surface area contributed by atoms with Crippen molar-refractivity contribution in [1.29, 1.82) is 0 Å². The Labute approximate surface area is 86.1 Å². The molecular weight excluding hydrogens is 178 g/mol. The van der Waals surface area contributed by atoms with Gasteiger partial charge in [-0.25, -0.2) is 0 Å². The van der Waals surface area contributed by atoms with E-state index in [-0.39, 0.29) is 0 Å². The van der Waals surface area contributed by atoms with E-state index < -0.39 is 5.97 Å². The smallest absolute Gasteiger partial charge is 0.303 e. The topological polar surface area (TPSA) is 40.5 Å². The molecule has 1 aliphatic heterocycles. The van der Waals surface area contributed by atoms with Crippen LogP contribution in [0.25, 0.3) is 0 Å². The van der Waals surface area contributed by atoms with E-state index in [9.17, 15) is 4.79 Å². The molecule has 0 aromatic carbocycles. The summed E-state index contributed by atoms with van der Waals surface area (Å²) in [6.07, 6.45) is 2.81. The number of carboxylic acids is 1. The molecule has 1 rings (SSSR count). The van der Waals surface area contributed by atoms with Crippen molar-refractivity contribution in [3.63, 3.8) is 0 Å². The van der Waals surface area contributed by atoms with Crippen molar-refractivity contribution >= 4 is 5.97 Å². The number of carboxylic acid groups (broad SMARTS) is 1. The number of hydrogen-bond acceptors (Lipinski definition) is 2. The quantitative estimate of drug-likeness (QED) is 0.709. The average Bonchev–Trinajstić information content (AvgIpc) is 2.08. The largest absolute Gasteiger partial charge is 0.481 e. The maximum atomic E-state index is 10.4. The lowest BCUT2D eigenvalue weighted by Crippen LogP contribution is -2.49. The number of rotatable bonds is 6. The summed E-state index contributed by atoms with van der Waals surface area (Å²) < 4.78 is 0. The Morgan fingerprint density at radius 3 is 2.43 bits per heavy atom. The third-order valence-corrected chi connectivity index (χ3v) is 3.17. The first-order valence-electron chi connectivity index (χ1n) is 5.59. The lowest BCUT2D eigenvalue weighted by molar-refractivity contribution is -0.139. The summed E-state index contributed by atoms with van der Waals surface area (Å²) in [5.74, 6) is 0.542. The van der Waals surface area contributed by atoms with Crippen molar-refractivity contribution in [2.24, 2.45) is 11.8 Å². The molecule has 0 aromatic heterocycles. The molecule has 82 valence electrons. The summed E-state index contributed by atoms with van der Waals surface area (Å²) in [6.45, 7) is 7.58. The van der Waals surface area contributed by atoms with Gasteiger partial charge < -0.3 is 10.0 Å². The second-order valence-electron chi connectivity index (χ2n) is 4.36. The molecule has 14 heavy (non-hydrogen) atoms. The average molecular weight is 199 g/mol. The van der Waals surface area contributed by atoms with Crippen LogP contribution in [0.4, 0.5) is 0 Å². The fourth-order valence-corrected chi connectivity index (χ4v) is 2.11. The van der Waals surface area contributed by atoms with Gasteiger partial charge in [0.1, 0.15) is 0 Å². The van der Waals surface area contributed by atoms with Crippen LogP contribution < -0.4 is 0 Å². The van der Waals surface area contributed by atoms with Gasteiger partial charge in [-0.15, -0.1) is 0 Å². The van der Waals surface area contributed by atoms with E-state index in [4.69, 9.17) is 5.11 Å². The zero-order chi connectivity index (χ0) is 10.6. The summed E-state index contributed by atoms with van der Waals surface area (Å²) >= 11 is 0. The van der Waals surface area contributed by atoms with Gasteiger partial charge in [-0.2, -0.15) is 0 Å². The van der Waals surface area contributed by atoms with Gasteiger partial charge in [0.15, 0.2) is 0 Å². The monoisotopic (exact) mass is 199 g/mol. The Balaban J connectivity index is 2.12. The number of likely N-dealkylation sites (tertiary alicyclic amines) is 1. The zero-order valence-electron chi connectivity index (χ0n) is 9.20. The molecule has 3 nitrogen and oxygen atoms in total. The van der Waals surface area contributed by atoms with Crippen LogP contribution in [-0.4, -0.2) is 35.6 Å². The van der Waals surface area contributed by atoms with Crippen LogP contribution in [0.5, 0.6) is 0 Å². The first-order valence-corrected chi connectivity index (χ1v) is 5.59. The summed E-state index contributed by atoms with van der Waals surface area (Å²) in [5, 5.41) is 8.59. The van der Waals surface area contributed by atoms with E-state index in [1.165, 1.54) is 12.8 Å². The lowest BCUT2D eigenvalue weighted by atomic mass is 9.93. The van der Waals surface area contributed by atoms with E-state index >= 15 is 0 Å². The highest BCUT2D eigenvalue weighted by molar-refractivity contribution is 5.67. The van der Waals surface area contributed by atoms with Crippen molar-refractivity contribution in [3.05, 3.63) is 0 Å². The van der Waals surface area contributed by atoms with Crippen molar-refractivity contribution in [3.8, 4) is 0 Å². The Bertz CT molecular complexity index is 184. The van der Waals surface area contributed by atoms with Crippen molar-refractivity contribution in [1.82, 2.24) is 4.90 Å². The highest BCUT2D eigenvalue weighted by Crippen LogP contribution is 2.21. The van der Waals surface area contributed by atoms with Crippen LogP contribution in [0, 0.1) is 11.8 Å². The first-order chi connectivity index (χ1) is 6.65. The van der Waals surface area contributed by atoms with Gasteiger partial charge in [-0.1, -0.05) is 26.7 Å². The maximum absolute atomic E-state index is 10.4. The summed E-state index contributed by atoms with van der Waals surface area (Å²) in [5.41, 5.74) is 0. The van der Waals surface area contributed by atoms with Gasteiger partial charge in [0.25, 0.3) is 0 Å². The Morgan fingerprint density at radius 1 is 1.43 bits per heavy atom. The number of carbonyl (C=O) groups is 1. The molecule has 0 amide bonds. The van der Waals surface area contributed by atoms with Crippen LogP contribution in [0.1, 0.15) is 33.1 Å². The minimum atomic E-state index is -0.655. The molecule has 0 unspecified atom stereocenters. The normalized spacial score (nSPS) is 18.5. The van der Waals surface area contributed by atoms with Gasteiger partial charge in [0.05, 0.1) is 6.42 Å². The maximum Gasteiger partial charge on any atom is 0.303 e. The Hall–Kier alpha value is -0.570. The molecule has 0 aromatic rings. The second kappa shape index (κ2) is 5.35. The van der Waals surface area contributed by atoms with Gasteiger partial charge in [-0.3, -0.25) is 4.79 Å². The molecule has 1 N–H and O–H groups in total. The third kappa shape index (κ3) is 3.29. The summed E-state index contributed by atoms with van der Waals surface area (Å²) in [7, 11) is 0. The van der Waals surface area contributed by atoms with E-state index in [1.807, 2.05) is 0 Å². The van der Waals surface area contributed by atoms with Crippen LogP contribution in [-0.2, 0) is 4.79 Å². The van der Waals surface area contributed by atoms with E-state index in [2.05, 4.69) is 18.7 Å². The van der Waals surface area contributed by atoms with Crippen LogP contribution >= 0.6 is 0 Å². The van der Waals surface area contributed by atoms with E-state index in [1.54, 1.807) is 0 Å². The van der Waals surface area contributed by atoms with E-state index in [0.717, 1.165) is 25.6 Å². The SMILES string of the molecule is CCC(CC)CN1CC(CC(=O)O)C1. The standard InChI is InChI=1S/C11H21NO2/c1-3-9(4-2)6-12-7-10(8-12)5-11(13)14/h9-10H,3-8H2,1-2H3,(H,13,14). The van der Waals surface area contributed by atoms with Gasteiger partial charge in [-0.05, 0) is 11.8 Å².